The predicted molar refractivity (Wildman–Crippen MR) is 79.2 cm³/mol. The molecule has 0 fully saturated rings. The highest BCUT2D eigenvalue weighted by Gasteiger charge is 2.08. The Morgan fingerprint density at radius 3 is 2.52 bits per heavy atom. The Hall–Kier alpha value is -3.06. The Labute approximate surface area is 120 Å². The lowest BCUT2D eigenvalue weighted by Crippen LogP contribution is -2.00. The number of benzene rings is 2. The van der Waals surface area contributed by atoms with E-state index in [0.29, 0.717) is 28.0 Å². The summed E-state index contributed by atoms with van der Waals surface area (Å²) < 4.78 is 10.9. The average Bonchev–Trinajstić information content (AvgIpc) is 2.54. The van der Waals surface area contributed by atoms with E-state index in [-0.39, 0.29) is 5.43 Å². The number of nitrogens with zero attached hydrogens (tertiary/aromatic N) is 1. The number of hydrogen-bond acceptors (Lipinski definition) is 4. The van der Waals surface area contributed by atoms with Gasteiger partial charge < -0.3 is 9.15 Å². The molecule has 0 radical (unpaired) electrons. The van der Waals surface area contributed by atoms with Gasteiger partial charge in [0.1, 0.15) is 17.1 Å². The third kappa shape index (κ3) is 2.37. The van der Waals surface area contributed by atoms with Crippen LogP contribution in [0.1, 0.15) is 5.56 Å². The van der Waals surface area contributed by atoms with Gasteiger partial charge in [-0.2, -0.15) is 5.26 Å². The standard InChI is InChI=1S/C17H11NO3/c1-20-13-6-7-14-15(19)9-16(21-17(14)8-13)12-4-2-11(10-18)3-5-12/h2-9H,1H3. The first-order valence-electron chi connectivity index (χ1n) is 6.34. The van der Waals surface area contributed by atoms with E-state index in [2.05, 4.69) is 6.07 Å². The van der Waals surface area contributed by atoms with Gasteiger partial charge in [-0.1, -0.05) is 0 Å². The van der Waals surface area contributed by atoms with Crippen molar-refractivity contribution in [2.45, 2.75) is 0 Å². The number of ether oxygens (including phenoxy) is 1. The van der Waals surface area contributed by atoms with E-state index >= 15 is 0 Å². The molecule has 4 heteroatoms. The van der Waals surface area contributed by atoms with Crippen LogP contribution < -0.4 is 10.2 Å². The normalized spacial score (nSPS) is 10.3. The minimum Gasteiger partial charge on any atom is -0.497 e. The SMILES string of the molecule is COc1ccc2c(=O)cc(-c3ccc(C#N)cc3)oc2c1. The molecule has 0 amide bonds. The number of hydrogen-bond donors (Lipinski definition) is 0. The number of rotatable bonds is 2. The zero-order valence-electron chi connectivity index (χ0n) is 11.3. The van der Waals surface area contributed by atoms with Crippen LogP contribution in [0.5, 0.6) is 5.75 Å². The highest BCUT2D eigenvalue weighted by atomic mass is 16.5. The second-order valence-electron chi connectivity index (χ2n) is 4.53. The minimum absolute atomic E-state index is 0.113. The van der Waals surface area contributed by atoms with Crippen molar-refractivity contribution in [2.75, 3.05) is 7.11 Å². The number of nitriles is 1. The van der Waals surface area contributed by atoms with E-state index in [1.165, 1.54) is 6.07 Å². The fourth-order valence-electron chi connectivity index (χ4n) is 2.11. The van der Waals surface area contributed by atoms with Crippen molar-refractivity contribution in [2.24, 2.45) is 0 Å². The lowest BCUT2D eigenvalue weighted by molar-refractivity contribution is 0.414. The highest BCUT2D eigenvalue weighted by molar-refractivity contribution is 5.80. The maximum Gasteiger partial charge on any atom is 0.193 e. The molecule has 0 spiro atoms. The fraction of sp³-hybridized carbons (Fsp3) is 0.0588. The van der Waals surface area contributed by atoms with Crippen LogP contribution in [0, 0.1) is 11.3 Å². The summed E-state index contributed by atoms with van der Waals surface area (Å²) in [7, 11) is 1.56. The first kappa shape index (κ1) is 12.9. The first-order valence-corrected chi connectivity index (χ1v) is 6.34. The summed E-state index contributed by atoms with van der Waals surface area (Å²) in [6.07, 6.45) is 0. The highest BCUT2D eigenvalue weighted by Crippen LogP contribution is 2.25. The van der Waals surface area contributed by atoms with Crippen LogP contribution in [0.2, 0.25) is 0 Å². The molecule has 0 bridgehead atoms. The van der Waals surface area contributed by atoms with E-state index in [9.17, 15) is 4.79 Å². The van der Waals surface area contributed by atoms with Gasteiger partial charge in [0, 0.05) is 17.7 Å². The van der Waals surface area contributed by atoms with Crippen molar-refractivity contribution < 1.29 is 9.15 Å². The van der Waals surface area contributed by atoms with Crippen molar-refractivity contribution in [3.05, 3.63) is 64.3 Å². The number of methoxy groups -OCH3 is 1. The molecule has 0 saturated carbocycles. The van der Waals surface area contributed by atoms with E-state index in [4.69, 9.17) is 14.4 Å². The number of fused-ring (bicyclic) bond motifs is 1. The Kier molecular flexibility index (Phi) is 3.17. The zero-order valence-corrected chi connectivity index (χ0v) is 11.3. The van der Waals surface area contributed by atoms with Crippen LogP contribution in [0.25, 0.3) is 22.3 Å². The van der Waals surface area contributed by atoms with Gasteiger partial charge in [-0.3, -0.25) is 4.79 Å². The molecule has 4 nitrogen and oxygen atoms in total. The largest absolute Gasteiger partial charge is 0.497 e. The molecule has 3 aromatic rings. The molecule has 3 rings (SSSR count). The summed E-state index contributed by atoms with van der Waals surface area (Å²) in [5, 5.41) is 9.31. The van der Waals surface area contributed by atoms with Gasteiger partial charge in [0.15, 0.2) is 5.43 Å². The van der Waals surface area contributed by atoms with Gasteiger partial charge in [0.2, 0.25) is 0 Å². The molecule has 102 valence electrons. The lowest BCUT2D eigenvalue weighted by Gasteiger charge is -2.05. The van der Waals surface area contributed by atoms with Crippen LogP contribution in [-0.4, -0.2) is 7.11 Å². The van der Waals surface area contributed by atoms with Gasteiger partial charge in [0.05, 0.1) is 24.1 Å². The third-order valence-electron chi connectivity index (χ3n) is 3.23. The van der Waals surface area contributed by atoms with Gasteiger partial charge >= 0.3 is 0 Å². The topological polar surface area (TPSA) is 63.2 Å². The van der Waals surface area contributed by atoms with Gasteiger partial charge in [-0.15, -0.1) is 0 Å². The molecular formula is C17H11NO3. The van der Waals surface area contributed by atoms with Crippen LogP contribution in [-0.2, 0) is 0 Å². The van der Waals surface area contributed by atoms with Crippen molar-refractivity contribution in [3.8, 4) is 23.1 Å². The molecule has 2 aromatic carbocycles. The Bertz CT molecular complexity index is 902. The summed E-state index contributed by atoms with van der Waals surface area (Å²) in [5.74, 6) is 1.09. The molecule has 0 N–H and O–H groups in total. The molecule has 21 heavy (non-hydrogen) atoms. The average molecular weight is 277 g/mol. The second kappa shape index (κ2) is 5.14. The summed E-state index contributed by atoms with van der Waals surface area (Å²) in [4.78, 5) is 12.1. The molecule has 0 atom stereocenters. The second-order valence-corrected chi connectivity index (χ2v) is 4.53. The molecule has 0 aliphatic carbocycles. The van der Waals surface area contributed by atoms with Gasteiger partial charge in [0.25, 0.3) is 0 Å². The van der Waals surface area contributed by atoms with Crippen LogP contribution in [0.4, 0.5) is 0 Å². The monoisotopic (exact) mass is 277 g/mol. The van der Waals surface area contributed by atoms with E-state index < -0.39 is 0 Å². The molecule has 0 aliphatic heterocycles. The Balaban J connectivity index is 2.18. The summed E-state index contributed by atoms with van der Waals surface area (Å²) >= 11 is 0. The van der Waals surface area contributed by atoms with Crippen molar-refractivity contribution in [3.63, 3.8) is 0 Å². The summed E-state index contributed by atoms with van der Waals surface area (Å²) in [6.45, 7) is 0. The zero-order chi connectivity index (χ0) is 14.8. The van der Waals surface area contributed by atoms with Crippen LogP contribution in [0.3, 0.4) is 0 Å². The molecular weight excluding hydrogens is 266 g/mol. The summed E-state index contributed by atoms with van der Waals surface area (Å²) in [5.41, 5.74) is 1.67. The molecule has 1 aromatic heterocycles. The van der Waals surface area contributed by atoms with Gasteiger partial charge in [-0.05, 0) is 36.4 Å². The minimum atomic E-state index is -0.113. The van der Waals surface area contributed by atoms with Crippen LogP contribution >= 0.6 is 0 Å². The molecule has 0 aliphatic rings. The smallest absolute Gasteiger partial charge is 0.193 e. The van der Waals surface area contributed by atoms with E-state index in [1.807, 2.05) is 0 Å². The van der Waals surface area contributed by atoms with Gasteiger partial charge in [-0.25, -0.2) is 0 Å². The maximum absolute atomic E-state index is 12.1. The maximum atomic E-state index is 12.1. The van der Waals surface area contributed by atoms with Crippen molar-refractivity contribution in [1.82, 2.24) is 0 Å². The predicted octanol–water partition coefficient (Wildman–Crippen LogP) is 3.34. The van der Waals surface area contributed by atoms with Crippen molar-refractivity contribution in [1.29, 1.82) is 5.26 Å². The Morgan fingerprint density at radius 1 is 1.10 bits per heavy atom. The first-order chi connectivity index (χ1) is 10.2. The Morgan fingerprint density at radius 2 is 1.86 bits per heavy atom. The van der Waals surface area contributed by atoms with Crippen molar-refractivity contribution >= 4 is 11.0 Å². The quantitative estimate of drug-likeness (QED) is 0.720. The molecule has 0 saturated heterocycles. The summed E-state index contributed by atoms with van der Waals surface area (Å²) in [6, 6.07) is 15.5. The van der Waals surface area contributed by atoms with Crippen LogP contribution in [0.15, 0.2) is 57.7 Å². The lowest BCUT2D eigenvalue weighted by atomic mass is 10.1. The fourth-order valence-corrected chi connectivity index (χ4v) is 2.11. The molecule has 0 unspecified atom stereocenters. The molecule has 1 heterocycles. The van der Waals surface area contributed by atoms with E-state index in [0.717, 1.165) is 5.56 Å². The van der Waals surface area contributed by atoms with E-state index in [1.54, 1.807) is 49.6 Å². The third-order valence-corrected chi connectivity index (χ3v) is 3.23.